The number of hydrogen-bond donors (Lipinski definition) is 0. The van der Waals surface area contributed by atoms with E-state index in [1.165, 1.54) is 62.7 Å². The van der Waals surface area contributed by atoms with E-state index in [1.54, 1.807) is 11.3 Å². The predicted molar refractivity (Wildman–Crippen MR) is 190 cm³/mol. The molecule has 8 nitrogen and oxygen atoms in total. The first-order valence-corrected chi connectivity index (χ1v) is 19.7. The predicted octanol–water partition coefficient (Wildman–Crippen LogP) is 8.06. The van der Waals surface area contributed by atoms with Gasteiger partial charge in [0.2, 0.25) is 0 Å². The van der Waals surface area contributed by atoms with Crippen LogP contribution in [-0.4, -0.2) is 43.7 Å². The van der Waals surface area contributed by atoms with E-state index >= 15 is 0 Å². The zero-order valence-corrected chi connectivity index (χ0v) is 29.1. The van der Waals surface area contributed by atoms with Crippen LogP contribution in [0.25, 0.3) is 30.6 Å². The molecule has 6 saturated carbocycles. The molecule has 248 valence electrons. The number of hydrogen-bond acceptors (Lipinski definition) is 8. The maximum atomic E-state index is 13.6. The van der Waals surface area contributed by atoms with Crippen LogP contribution in [0.4, 0.5) is 10.8 Å². The van der Waals surface area contributed by atoms with Crippen LogP contribution >= 0.6 is 22.7 Å². The molecule has 4 heterocycles. The van der Waals surface area contributed by atoms with Crippen molar-refractivity contribution in [2.24, 2.45) is 71.4 Å². The van der Waals surface area contributed by atoms with Gasteiger partial charge in [0.05, 0.1) is 30.6 Å². The number of thiophene rings is 2. The molecule has 48 heavy (non-hydrogen) atoms. The number of carbonyl (C=O) groups excluding carboxylic acids is 4. The second-order valence-electron chi connectivity index (χ2n) is 15.8. The highest BCUT2D eigenvalue weighted by Gasteiger charge is 2.53. The van der Waals surface area contributed by atoms with Gasteiger partial charge in [-0.25, -0.2) is 9.98 Å². The topological polar surface area (TPSA) is 103 Å². The molecule has 0 saturated heterocycles. The summed E-state index contributed by atoms with van der Waals surface area (Å²) in [5.41, 5.74) is 3.44. The van der Waals surface area contributed by atoms with Crippen LogP contribution in [-0.2, 0) is 33.3 Å². The van der Waals surface area contributed by atoms with Crippen molar-refractivity contribution in [3.63, 3.8) is 0 Å². The third kappa shape index (κ3) is 4.11. The molecule has 0 bridgehead atoms. The summed E-state index contributed by atoms with van der Waals surface area (Å²) in [6, 6.07) is 4.01. The summed E-state index contributed by atoms with van der Waals surface area (Å²) in [5, 5.41) is 0.703. The van der Waals surface area contributed by atoms with Gasteiger partial charge in [0.15, 0.2) is 34.6 Å². The third-order valence-electron chi connectivity index (χ3n) is 13.5. The van der Waals surface area contributed by atoms with Gasteiger partial charge in [0.1, 0.15) is 10.8 Å². The van der Waals surface area contributed by atoms with Crippen molar-refractivity contribution in [2.45, 2.75) is 77.0 Å². The lowest BCUT2D eigenvalue weighted by atomic mass is 9.64. The average Bonchev–Trinajstić information content (AvgIpc) is 3.90. The van der Waals surface area contributed by atoms with Gasteiger partial charge >= 0.3 is 0 Å². The number of nitrogens with zero attached hydrogens (tertiary/aromatic N) is 4. The molecule has 6 aliphatic rings. The van der Waals surface area contributed by atoms with Crippen LogP contribution in [0.3, 0.4) is 0 Å². The first-order chi connectivity index (χ1) is 23.3. The minimum atomic E-state index is -0.191. The van der Waals surface area contributed by atoms with Crippen molar-refractivity contribution < 1.29 is 19.2 Å². The molecule has 0 spiro atoms. The maximum absolute atomic E-state index is 13.6. The fourth-order valence-electron chi connectivity index (χ4n) is 11.0. The summed E-state index contributed by atoms with van der Waals surface area (Å²) in [4.78, 5) is 63.7. The number of carbonyl (C=O) groups is 4. The monoisotopic (exact) mass is 680 g/mol. The van der Waals surface area contributed by atoms with Crippen molar-refractivity contribution in [3.05, 3.63) is 12.1 Å². The number of ketones is 4. The molecule has 8 unspecified atom stereocenters. The summed E-state index contributed by atoms with van der Waals surface area (Å²) < 4.78 is 7.45. The molecule has 8 atom stereocenters. The molecule has 10 heteroatoms. The number of rotatable bonds is 2. The van der Waals surface area contributed by atoms with Crippen LogP contribution in [0, 0.1) is 47.3 Å². The highest BCUT2D eigenvalue weighted by molar-refractivity contribution is 7.32. The van der Waals surface area contributed by atoms with Gasteiger partial charge in [0.25, 0.3) is 0 Å². The van der Waals surface area contributed by atoms with E-state index in [0.717, 1.165) is 56.3 Å². The lowest BCUT2D eigenvalue weighted by Gasteiger charge is -2.39. The molecule has 0 amide bonds. The van der Waals surface area contributed by atoms with Crippen molar-refractivity contribution in [1.82, 2.24) is 9.13 Å². The van der Waals surface area contributed by atoms with Crippen molar-refractivity contribution in [3.8, 4) is 0 Å². The summed E-state index contributed by atoms with van der Waals surface area (Å²) >= 11 is 3.21. The zero-order valence-electron chi connectivity index (χ0n) is 27.5. The first kappa shape index (κ1) is 29.7. The van der Waals surface area contributed by atoms with E-state index in [0.29, 0.717) is 34.5 Å². The van der Waals surface area contributed by atoms with Gasteiger partial charge < -0.3 is 9.13 Å². The smallest absolute Gasteiger partial charge is 0.188 e. The van der Waals surface area contributed by atoms with Crippen LogP contribution in [0.15, 0.2) is 22.1 Å². The van der Waals surface area contributed by atoms with E-state index in [4.69, 9.17) is 9.98 Å². The van der Waals surface area contributed by atoms with Crippen molar-refractivity contribution in [1.29, 1.82) is 0 Å². The number of aliphatic imine (C=N–C) groups is 2. The second-order valence-corrected chi connectivity index (χ2v) is 17.9. The van der Waals surface area contributed by atoms with Crippen LogP contribution in [0.5, 0.6) is 0 Å². The largest absolute Gasteiger partial charge is 0.340 e. The number of aromatic nitrogens is 2. The molecule has 0 aromatic carbocycles. The standard InChI is InChI=1S/C38H40N4O4S2/c1-41-25-15-28(40-30-35(45)23-13-19-9-5-6-10-20(19)14-24(23)36(30)46)48-37(25)38-32(41)31-26(47-38)16-27(42(31)2)39-29-33(43)21-11-17-7-3-4-8-18(17)12-22(21)34(29)44/h15-24H,3-14H2,1-2H3. The van der Waals surface area contributed by atoms with Crippen LogP contribution < -0.4 is 0 Å². The fraction of sp³-hybridized carbons (Fsp3) is 0.579. The Morgan fingerprint density at radius 3 is 1.56 bits per heavy atom. The Labute approximate surface area is 286 Å². The first-order valence-electron chi connectivity index (χ1n) is 18.1. The molecule has 10 rings (SSSR count). The minimum absolute atomic E-state index is 0.0375. The Kier molecular flexibility index (Phi) is 6.57. The summed E-state index contributed by atoms with van der Waals surface area (Å²) in [7, 11) is 4.00. The average molecular weight is 681 g/mol. The van der Waals surface area contributed by atoms with E-state index in [2.05, 4.69) is 4.57 Å². The molecular weight excluding hydrogens is 641 g/mol. The second kappa shape index (κ2) is 10.6. The molecule has 0 aliphatic heterocycles. The molecule has 6 fully saturated rings. The summed E-state index contributed by atoms with van der Waals surface area (Å²) in [5.74, 6) is 2.06. The quantitative estimate of drug-likeness (QED) is 0.214. The van der Waals surface area contributed by atoms with Crippen molar-refractivity contribution >= 4 is 98.7 Å². The van der Waals surface area contributed by atoms with E-state index in [-0.39, 0.29) is 58.2 Å². The van der Waals surface area contributed by atoms with E-state index in [9.17, 15) is 19.2 Å². The molecule has 4 aromatic rings. The van der Waals surface area contributed by atoms with Gasteiger partial charge in [-0.3, -0.25) is 19.2 Å². The number of Topliss-reactive ketones (excluding diaryl/α,β-unsaturated/α-hetero) is 4. The molecule has 0 radical (unpaired) electrons. The van der Waals surface area contributed by atoms with Gasteiger partial charge in [-0.05, 0) is 55.4 Å². The zero-order chi connectivity index (χ0) is 32.6. The Bertz CT molecular complexity index is 2110. The van der Waals surface area contributed by atoms with Crippen LogP contribution in [0.2, 0.25) is 0 Å². The Balaban J connectivity index is 0.972. The highest BCUT2D eigenvalue weighted by Crippen LogP contribution is 2.51. The summed E-state index contributed by atoms with van der Waals surface area (Å²) in [6.07, 6.45) is 13.1. The Morgan fingerprint density at radius 2 is 1.06 bits per heavy atom. The molecular formula is C38H40N4O4S2. The van der Waals surface area contributed by atoms with Gasteiger partial charge in [-0.15, -0.1) is 22.7 Å². The van der Waals surface area contributed by atoms with Crippen LogP contribution in [0.1, 0.15) is 77.0 Å². The minimum Gasteiger partial charge on any atom is -0.340 e. The SMILES string of the molecule is Cn1c(N=C2C(=O)C3CC4CCCCC4CC3C2=O)cc2sc3c4sc(N=C5C(=O)C6CC7CCCCC7CC6C5=O)cc4n(C)c3c21. The van der Waals surface area contributed by atoms with E-state index < -0.39 is 0 Å². The third-order valence-corrected chi connectivity index (χ3v) is 15.8. The van der Waals surface area contributed by atoms with E-state index in [1.807, 2.05) is 30.8 Å². The Hall–Kier alpha value is -3.24. The van der Waals surface area contributed by atoms with Gasteiger partial charge in [0, 0.05) is 43.8 Å². The lowest BCUT2D eigenvalue weighted by Crippen LogP contribution is -2.35. The summed E-state index contributed by atoms with van der Waals surface area (Å²) in [6.45, 7) is 0. The van der Waals surface area contributed by atoms with Crippen molar-refractivity contribution in [2.75, 3.05) is 0 Å². The molecule has 4 aromatic heterocycles. The normalized spacial score (nSPS) is 33.5. The fourth-order valence-corrected chi connectivity index (χ4v) is 13.5. The molecule has 6 aliphatic carbocycles. The van der Waals surface area contributed by atoms with Gasteiger partial charge in [-0.1, -0.05) is 51.4 Å². The lowest BCUT2D eigenvalue weighted by molar-refractivity contribution is -0.123. The number of fused-ring (bicyclic) bond motifs is 9. The number of aryl methyl sites for hydroxylation is 2. The maximum Gasteiger partial charge on any atom is 0.188 e. The Morgan fingerprint density at radius 1 is 0.583 bits per heavy atom. The van der Waals surface area contributed by atoms with Gasteiger partial charge in [-0.2, -0.15) is 0 Å². The highest BCUT2D eigenvalue weighted by atomic mass is 32.1. The molecule has 0 N–H and O–H groups in total.